The van der Waals surface area contributed by atoms with E-state index < -0.39 is 28.6 Å². The third-order valence-electron chi connectivity index (χ3n) is 4.13. The summed E-state index contributed by atoms with van der Waals surface area (Å²) >= 11 is 0. The molecule has 1 heterocycles. The number of hydrogen-bond donors (Lipinski definition) is 1. The number of nitriles is 1. The van der Waals surface area contributed by atoms with Crippen molar-refractivity contribution in [1.29, 1.82) is 5.26 Å². The fourth-order valence-electron chi connectivity index (χ4n) is 2.48. The van der Waals surface area contributed by atoms with E-state index in [1.165, 1.54) is 0 Å². The Bertz CT molecular complexity index is 972. The molecule has 26 heavy (non-hydrogen) atoms. The van der Waals surface area contributed by atoms with E-state index in [1.807, 2.05) is 32.0 Å². The highest BCUT2D eigenvalue weighted by Gasteiger charge is 2.17. The molecule has 0 unspecified atom stereocenters. The van der Waals surface area contributed by atoms with E-state index in [1.54, 1.807) is 13.0 Å². The lowest BCUT2D eigenvalue weighted by atomic mass is 10.0. The number of benzene rings is 1. The lowest BCUT2D eigenvalue weighted by Crippen LogP contribution is -2.34. The predicted molar refractivity (Wildman–Crippen MR) is 94.5 cm³/mol. The van der Waals surface area contributed by atoms with Crippen LogP contribution >= 0.6 is 0 Å². The van der Waals surface area contributed by atoms with Gasteiger partial charge in [-0.15, -0.1) is 0 Å². The van der Waals surface area contributed by atoms with Gasteiger partial charge in [-0.3, -0.25) is 24.3 Å². The van der Waals surface area contributed by atoms with E-state index in [0.29, 0.717) is 0 Å². The molecule has 8 heteroatoms. The number of amides is 1. The molecule has 0 fully saturated rings. The summed E-state index contributed by atoms with van der Waals surface area (Å²) < 4.78 is 0.874. The van der Waals surface area contributed by atoms with Crippen molar-refractivity contribution in [1.82, 2.24) is 9.88 Å². The maximum atomic E-state index is 12.3. The first kappa shape index (κ1) is 18.9. The number of nitrogens with one attached hydrogen (secondary N) is 1. The third kappa shape index (κ3) is 4.13. The Morgan fingerprint density at radius 2 is 2.04 bits per heavy atom. The van der Waals surface area contributed by atoms with Crippen LogP contribution in [-0.2, 0) is 11.3 Å². The predicted octanol–water partition coefficient (Wildman–Crippen LogP) is 2.12. The topological polar surface area (TPSA) is 118 Å². The van der Waals surface area contributed by atoms with E-state index in [-0.39, 0.29) is 11.6 Å². The van der Waals surface area contributed by atoms with Gasteiger partial charge in [-0.1, -0.05) is 18.2 Å². The number of carbonyl (C=O) groups is 1. The van der Waals surface area contributed by atoms with Gasteiger partial charge in [0.15, 0.2) is 0 Å². The molecule has 0 radical (unpaired) electrons. The molecular weight excluding hydrogens is 336 g/mol. The lowest BCUT2D eigenvalue weighted by Gasteiger charge is -2.16. The van der Waals surface area contributed by atoms with Crippen molar-refractivity contribution in [3.8, 4) is 6.07 Å². The number of carbonyl (C=O) groups excluding carboxylic acids is 1. The SMILES string of the molecule is Cc1ccc([C@@H](C)NC(=O)Cn2cc([N+](=O)[O-])cc(C#N)c2=O)cc1C. The molecule has 1 aromatic heterocycles. The Morgan fingerprint density at radius 3 is 2.62 bits per heavy atom. The second-order valence-electron chi connectivity index (χ2n) is 6.05. The van der Waals surface area contributed by atoms with Crippen LogP contribution in [0.15, 0.2) is 35.3 Å². The number of rotatable bonds is 5. The third-order valence-corrected chi connectivity index (χ3v) is 4.13. The smallest absolute Gasteiger partial charge is 0.287 e. The Hall–Kier alpha value is -3.47. The van der Waals surface area contributed by atoms with Gasteiger partial charge < -0.3 is 5.32 Å². The van der Waals surface area contributed by atoms with Crippen LogP contribution in [0.3, 0.4) is 0 Å². The fourth-order valence-corrected chi connectivity index (χ4v) is 2.48. The van der Waals surface area contributed by atoms with Gasteiger partial charge in [-0.05, 0) is 37.5 Å². The highest BCUT2D eigenvalue weighted by atomic mass is 16.6. The van der Waals surface area contributed by atoms with Crippen LogP contribution in [0.25, 0.3) is 0 Å². The summed E-state index contributed by atoms with van der Waals surface area (Å²) in [4.78, 5) is 34.5. The summed E-state index contributed by atoms with van der Waals surface area (Å²) in [6.07, 6.45) is 0.962. The zero-order valence-electron chi connectivity index (χ0n) is 14.6. The minimum absolute atomic E-state index is 0.299. The summed E-state index contributed by atoms with van der Waals surface area (Å²) in [7, 11) is 0. The van der Waals surface area contributed by atoms with Crippen LogP contribution < -0.4 is 10.9 Å². The minimum atomic E-state index is -0.743. The van der Waals surface area contributed by atoms with Crippen LogP contribution in [0.2, 0.25) is 0 Å². The maximum Gasteiger partial charge on any atom is 0.287 e. The number of aryl methyl sites for hydroxylation is 2. The lowest BCUT2D eigenvalue weighted by molar-refractivity contribution is -0.385. The molecule has 0 spiro atoms. The quantitative estimate of drug-likeness (QED) is 0.652. The highest BCUT2D eigenvalue weighted by Crippen LogP contribution is 2.17. The molecule has 1 N–H and O–H groups in total. The fraction of sp³-hybridized carbons (Fsp3) is 0.278. The second-order valence-corrected chi connectivity index (χ2v) is 6.05. The molecule has 0 aliphatic rings. The first-order valence-electron chi connectivity index (χ1n) is 7.88. The van der Waals surface area contributed by atoms with Gasteiger partial charge in [-0.25, -0.2) is 0 Å². The van der Waals surface area contributed by atoms with Crippen LogP contribution in [-0.4, -0.2) is 15.4 Å². The van der Waals surface area contributed by atoms with Crippen molar-refractivity contribution in [2.24, 2.45) is 0 Å². The molecule has 2 rings (SSSR count). The molecule has 134 valence electrons. The van der Waals surface area contributed by atoms with Crippen LogP contribution in [0.1, 0.15) is 35.2 Å². The molecule has 1 aromatic carbocycles. The monoisotopic (exact) mass is 354 g/mol. The molecule has 8 nitrogen and oxygen atoms in total. The van der Waals surface area contributed by atoms with Crippen molar-refractivity contribution >= 4 is 11.6 Å². The van der Waals surface area contributed by atoms with Gasteiger partial charge in [0.25, 0.3) is 11.2 Å². The Kier molecular flexibility index (Phi) is 5.52. The number of nitrogens with zero attached hydrogens (tertiary/aromatic N) is 3. The van der Waals surface area contributed by atoms with E-state index in [0.717, 1.165) is 33.5 Å². The maximum absolute atomic E-state index is 12.3. The number of aromatic nitrogens is 1. The molecule has 0 aliphatic carbocycles. The molecule has 1 atom stereocenters. The Balaban J connectivity index is 2.20. The van der Waals surface area contributed by atoms with E-state index in [4.69, 9.17) is 5.26 Å². The molecular formula is C18H18N4O4. The molecule has 0 aliphatic heterocycles. The van der Waals surface area contributed by atoms with Crippen molar-refractivity contribution in [3.05, 3.63) is 73.2 Å². The standard InChI is InChI=1S/C18H18N4O4/c1-11-4-5-14(6-12(11)2)13(3)20-17(23)10-21-9-16(22(25)26)7-15(8-19)18(21)24/h4-7,9,13H,10H2,1-3H3,(H,20,23)/t13-/m1/s1. The normalized spacial score (nSPS) is 11.5. The highest BCUT2D eigenvalue weighted by molar-refractivity contribution is 5.76. The van der Waals surface area contributed by atoms with Crippen LogP contribution in [0.5, 0.6) is 0 Å². The van der Waals surface area contributed by atoms with Crippen molar-refractivity contribution in [3.63, 3.8) is 0 Å². The molecule has 2 aromatic rings. The summed E-state index contributed by atoms with van der Waals surface area (Å²) in [6, 6.07) is 8.04. The molecule has 0 saturated carbocycles. The largest absolute Gasteiger partial charge is 0.348 e. The van der Waals surface area contributed by atoms with Gasteiger partial charge in [0.2, 0.25) is 5.91 Å². The molecule has 0 saturated heterocycles. The zero-order valence-corrected chi connectivity index (χ0v) is 14.6. The summed E-state index contributed by atoms with van der Waals surface area (Å²) in [5, 5.41) is 22.6. The van der Waals surface area contributed by atoms with Crippen molar-refractivity contribution in [2.75, 3.05) is 0 Å². The van der Waals surface area contributed by atoms with Gasteiger partial charge >= 0.3 is 0 Å². The van der Waals surface area contributed by atoms with Gasteiger partial charge in [0, 0.05) is 6.07 Å². The van der Waals surface area contributed by atoms with E-state index >= 15 is 0 Å². The zero-order chi connectivity index (χ0) is 19.4. The number of pyridine rings is 1. The van der Waals surface area contributed by atoms with Crippen molar-refractivity contribution in [2.45, 2.75) is 33.4 Å². The average Bonchev–Trinajstić information content (AvgIpc) is 2.58. The van der Waals surface area contributed by atoms with Crippen LogP contribution in [0.4, 0.5) is 5.69 Å². The summed E-state index contributed by atoms with van der Waals surface area (Å²) in [5.41, 5.74) is 1.60. The van der Waals surface area contributed by atoms with E-state index in [9.17, 15) is 19.7 Å². The second kappa shape index (κ2) is 7.61. The number of nitro groups is 1. The Labute approximate surface area is 149 Å². The first-order valence-corrected chi connectivity index (χ1v) is 7.88. The van der Waals surface area contributed by atoms with Crippen molar-refractivity contribution < 1.29 is 9.72 Å². The van der Waals surface area contributed by atoms with E-state index in [2.05, 4.69) is 5.32 Å². The summed E-state index contributed by atoms with van der Waals surface area (Å²) in [5.74, 6) is -0.484. The van der Waals surface area contributed by atoms with Gasteiger partial charge in [-0.2, -0.15) is 5.26 Å². The summed E-state index contributed by atoms with van der Waals surface area (Å²) in [6.45, 7) is 5.35. The molecule has 1 amide bonds. The number of hydrogen-bond acceptors (Lipinski definition) is 5. The van der Waals surface area contributed by atoms with Gasteiger partial charge in [0.1, 0.15) is 18.2 Å². The Morgan fingerprint density at radius 1 is 1.35 bits per heavy atom. The molecule has 0 bridgehead atoms. The van der Waals surface area contributed by atoms with Gasteiger partial charge in [0.05, 0.1) is 17.2 Å². The average molecular weight is 354 g/mol. The first-order chi connectivity index (χ1) is 12.2. The minimum Gasteiger partial charge on any atom is -0.348 e. The van der Waals surface area contributed by atoms with Crippen LogP contribution in [0, 0.1) is 35.3 Å².